The highest BCUT2D eigenvalue weighted by molar-refractivity contribution is 5.56. The standard InChI is InChI=1S/C13H15FN4O3/c1-7-12(18(19)20)13(15)17(16-7)8(2)9-4-5-11(21-3)10(14)6-9/h4-6,8H,15H2,1-3H3. The number of nitro groups is 1. The van der Waals surface area contributed by atoms with E-state index in [1.165, 1.54) is 30.8 Å². The van der Waals surface area contributed by atoms with Gasteiger partial charge in [-0.3, -0.25) is 10.1 Å². The number of methoxy groups -OCH3 is 1. The third kappa shape index (κ3) is 2.51. The van der Waals surface area contributed by atoms with Crippen LogP contribution in [-0.4, -0.2) is 21.8 Å². The lowest BCUT2D eigenvalue weighted by atomic mass is 10.1. The zero-order chi connectivity index (χ0) is 15.7. The second-order valence-corrected chi connectivity index (χ2v) is 4.59. The molecule has 8 heteroatoms. The largest absolute Gasteiger partial charge is 0.494 e. The number of anilines is 1. The maximum absolute atomic E-state index is 13.7. The number of rotatable bonds is 4. The molecule has 1 aromatic heterocycles. The number of hydrogen-bond donors (Lipinski definition) is 1. The molecule has 1 aromatic carbocycles. The van der Waals surface area contributed by atoms with Crippen molar-refractivity contribution < 1.29 is 14.1 Å². The molecule has 21 heavy (non-hydrogen) atoms. The average Bonchev–Trinajstić information content (AvgIpc) is 2.73. The summed E-state index contributed by atoms with van der Waals surface area (Å²) in [7, 11) is 1.37. The smallest absolute Gasteiger partial charge is 0.333 e. The second kappa shape index (κ2) is 5.39. The zero-order valence-electron chi connectivity index (χ0n) is 11.8. The van der Waals surface area contributed by atoms with Gasteiger partial charge in [0.25, 0.3) is 0 Å². The Balaban J connectivity index is 2.45. The van der Waals surface area contributed by atoms with Crippen LogP contribution in [-0.2, 0) is 0 Å². The molecule has 0 aliphatic heterocycles. The van der Waals surface area contributed by atoms with Gasteiger partial charge in [0.1, 0.15) is 5.69 Å². The van der Waals surface area contributed by atoms with Crippen LogP contribution < -0.4 is 10.5 Å². The van der Waals surface area contributed by atoms with Crippen LogP contribution in [0.2, 0.25) is 0 Å². The number of hydrogen-bond acceptors (Lipinski definition) is 5. The summed E-state index contributed by atoms with van der Waals surface area (Å²) in [4.78, 5) is 10.4. The maximum Gasteiger partial charge on any atom is 0.333 e. The van der Waals surface area contributed by atoms with E-state index in [0.29, 0.717) is 5.56 Å². The Morgan fingerprint density at radius 1 is 1.52 bits per heavy atom. The summed E-state index contributed by atoms with van der Waals surface area (Å²) in [6.07, 6.45) is 0. The highest BCUT2D eigenvalue weighted by atomic mass is 19.1. The van der Waals surface area contributed by atoms with E-state index in [-0.39, 0.29) is 22.9 Å². The molecule has 0 saturated heterocycles. The minimum atomic E-state index is -0.574. The Morgan fingerprint density at radius 2 is 2.19 bits per heavy atom. The Kier molecular flexibility index (Phi) is 3.79. The molecule has 1 unspecified atom stereocenters. The van der Waals surface area contributed by atoms with E-state index >= 15 is 0 Å². The van der Waals surface area contributed by atoms with Crippen molar-refractivity contribution in [3.05, 3.63) is 45.4 Å². The molecular formula is C13H15FN4O3. The first-order chi connectivity index (χ1) is 9.86. The van der Waals surface area contributed by atoms with Gasteiger partial charge in [-0.2, -0.15) is 5.10 Å². The monoisotopic (exact) mass is 294 g/mol. The Labute approximate surface area is 120 Å². The van der Waals surface area contributed by atoms with E-state index in [2.05, 4.69) is 5.10 Å². The van der Waals surface area contributed by atoms with E-state index in [0.717, 1.165) is 0 Å². The van der Waals surface area contributed by atoms with Gasteiger partial charge in [0.05, 0.1) is 18.1 Å². The van der Waals surface area contributed by atoms with E-state index in [9.17, 15) is 14.5 Å². The molecule has 7 nitrogen and oxygen atoms in total. The first-order valence-electron chi connectivity index (χ1n) is 6.19. The molecule has 2 aromatic rings. The molecule has 0 amide bonds. The van der Waals surface area contributed by atoms with Crippen LogP contribution in [0.4, 0.5) is 15.9 Å². The number of nitrogen functional groups attached to an aromatic ring is 1. The molecule has 0 radical (unpaired) electrons. The van der Waals surface area contributed by atoms with Gasteiger partial charge < -0.3 is 10.5 Å². The van der Waals surface area contributed by atoms with Gasteiger partial charge in [0.15, 0.2) is 11.6 Å². The van der Waals surface area contributed by atoms with Crippen LogP contribution in [0.3, 0.4) is 0 Å². The van der Waals surface area contributed by atoms with Gasteiger partial charge in [0, 0.05) is 0 Å². The van der Waals surface area contributed by atoms with Gasteiger partial charge in [-0.25, -0.2) is 9.07 Å². The van der Waals surface area contributed by atoms with E-state index in [4.69, 9.17) is 10.5 Å². The van der Waals surface area contributed by atoms with Gasteiger partial charge in [0.2, 0.25) is 5.82 Å². The van der Waals surface area contributed by atoms with Crippen LogP contribution in [0.25, 0.3) is 0 Å². The second-order valence-electron chi connectivity index (χ2n) is 4.59. The number of halogens is 1. The van der Waals surface area contributed by atoms with Crippen molar-refractivity contribution in [2.24, 2.45) is 0 Å². The third-order valence-corrected chi connectivity index (χ3v) is 3.30. The quantitative estimate of drug-likeness (QED) is 0.690. The summed E-state index contributed by atoms with van der Waals surface area (Å²) in [5.74, 6) is -0.443. The fourth-order valence-electron chi connectivity index (χ4n) is 2.16. The fourth-order valence-corrected chi connectivity index (χ4v) is 2.16. The first kappa shape index (κ1) is 14.8. The number of nitrogens with zero attached hydrogens (tertiary/aromatic N) is 3. The number of nitrogens with two attached hydrogens (primary N) is 1. The molecule has 1 heterocycles. The van der Waals surface area contributed by atoms with Crippen molar-refractivity contribution in [1.82, 2.24) is 9.78 Å². The zero-order valence-corrected chi connectivity index (χ0v) is 11.8. The van der Waals surface area contributed by atoms with Gasteiger partial charge in [-0.1, -0.05) is 6.07 Å². The molecule has 0 fully saturated rings. The van der Waals surface area contributed by atoms with Crippen molar-refractivity contribution in [3.8, 4) is 5.75 Å². The van der Waals surface area contributed by atoms with Crippen LogP contribution in [0.1, 0.15) is 24.2 Å². The normalized spacial score (nSPS) is 12.2. The summed E-state index contributed by atoms with van der Waals surface area (Å²) in [6, 6.07) is 4.00. The number of aryl methyl sites for hydroxylation is 1. The maximum atomic E-state index is 13.7. The third-order valence-electron chi connectivity index (χ3n) is 3.30. The highest BCUT2D eigenvalue weighted by Gasteiger charge is 2.26. The van der Waals surface area contributed by atoms with Crippen molar-refractivity contribution in [1.29, 1.82) is 0 Å². The van der Waals surface area contributed by atoms with Gasteiger partial charge in [-0.05, 0) is 31.5 Å². The molecule has 0 bridgehead atoms. The predicted molar refractivity (Wildman–Crippen MR) is 74.8 cm³/mol. The van der Waals surface area contributed by atoms with Crippen LogP contribution in [0.5, 0.6) is 5.75 Å². The Hall–Kier alpha value is -2.64. The first-order valence-corrected chi connectivity index (χ1v) is 6.19. The van der Waals surface area contributed by atoms with Crippen LogP contribution in [0, 0.1) is 22.9 Å². The van der Waals surface area contributed by atoms with Crippen molar-refractivity contribution in [2.75, 3.05) is 12.8 Å². The average molecular weight is 294 g/mol. The number of ether oxygens (including phenoxy) is 1. The lowest BCUT2D eigenvalue weighted by Gasteiger charge is -2.14. The topological polar surface area (TPSA) is 96.2 Å². The van der Waals surface area contributed by atoms with Crippen molar-refractivity contribution in [2.45, 2.75) is 19.9 Å². The molecule has 0 spiro atoms. The lowest BCUT2D eigenvalue weighted by Crippen LogP contribution is -2.12. The Bertz CT molecular complexity index is 699. The molecule has 2 rings (SSSR count). The molecule has 2 N–H and O–H groups in total. The summed E-state index contributed by atoms with van der Waals surface area (Å²) >= 11 is 0. The summed E-state index contributed by atoms with van der Waals surface area (Å²) < 4.78 is 19.9. The predicted octanol–water partition coefficient (Wildman–Crippen LogP) is 2.44. The summed E-state index contributed by atoms with van der Waals surface area (Å²) in [5, 5.41) is 15.0. The SMILES string of the molecule is COc1ccc(C(C)n2nc(C)c([N+](=O)[O-])c2N)cc1F. The van der Waals surface area contributed by atoms with Crippen LogP contribution >= 0.6 is 0 Å². The van der Waals surface area contributed by atoms with E-state index in [1.807, 2.05) is 0 Å². The highest BCUT2D eigenvalue weighted by Crippen LogP contribution is 2.31. The fraction of sp³-hybridized carbons (Fsp3) is 0.308. The molecular weight excluding hydrogens is 279 g/mol. The minimum Gasteiger partial charge on any atom is -0.494 e. The van der Waals surface area contributed by atoms with Gasteiger partial charge >= 0.3 is 5.69 Å². The summed E-state index contributed by atoms with van der Waals surface area (Å²) in [6.45, 7) is 3.24. The van der Waals surface area contributed by atoms with Gasteiger partial charge in [-0.15, -0.1) is 0 Å². The number of benzene rings is 1. The summed E-state index contributed by atoms with van der Waals surface area (Å²) in [5.41, 5.74) is 6.35. The Morgan fingerprint density at radius 3 is 2.67 bits per heavy atom. The number of aromatic nitrogens is 2. The van der Waals surface area contributed by atoms with E-state index < -0.39 is 16.8 Å². The lowest BCUT2D eigenvalue weighted by molar-refractivity contribution is -0.384. The van der Waals surface area contributed by atoms with Crippen molar-refractivity contribution in [3.63, 3.8) is 0 Å². The molecule has 112 valence electrons. The van der Waals surface area contributed by atoms with Crippen LogP contribution in [0.15, 0.2) is 18.2 Å². The molecule has 0 aliphatic carbocycles. The molecule has 0 aliphatic rings. The minimum absolute atomic E-state index is 0.0544. The molecule has 0 saturated carbocycles. The van der Waals surface area contributed by atoms with Crippen molar-refractivity contribution >= 4 is 11.5 Å². The van der Waals surface area contributed by atoms with E-state index in [1.54, 1.807) is 13.0 Å². The molecule has 1 atom stereocenters.